The van der Waals surface area contributed by atoms with Gasteiger partial charge in [-0.25, -0.2) is 0 Å². The topological polar surface area (TPSA) is 28.2 Å². The molecule has 1 aromatic rings. The maximum Gasteiger partial charge on any atom is 0.0608 e. The number of hydrogen-bond donors (Lipinski definition) is 1. The Kier molecular flexibility index (Phi) is 3.44. The summed E-state index contributed by atoms with van der Waals surface area (Å²) in [5.74, 6) is 0. The van der Waals surface area contributed by atoms with Crippen LogP contribution in [0.2, 0.25) is 0 Å². The zero-order valence-electron chi connectivity index (χ0n) is 10.5. The molecule has 0 saturated carbocycles. The monoisotopic (exact) mass is 219 g/mol. The van der Waals surface area contributed by atoms with Gasteiger partial charge in [0.1, 0.15) is 0 Å². The molecule has 1 saturated heterocycles. The molecule has 0 aromatic carbocycles. The fourth-order valence-corrected chi connectivity index (χ4v) is 2.45. The van der Waals surface area contributed by atoms with E-state index in [0.717, 1.165) is 24.5 Å². The van der Waals surface area contributed by atoms with E-state index in [4.69, 9.17) is 0 Å². The fraction of sp³-hybridized carbons (Fsp3) is 0.615. The van der Waals surface area contributed by atoms with Crippen molar-refractivity contribution in [3.05, 3.63) is 23.5 Å². The standard InChI is InChI=1S/C13H21N3/c1-10-6-7-13(11(2)15-10)16-8-4-5-12(9-16)14-3/h6-7,12,14H,4-5,8-9H2,1-3H3. The highest BCUT2D eigenvalue weighted by Gasteiger charge is 2.19. The van der Waals surface area contributed by atoms with E-state index in [9.17, 15) is 0 Å². The van der Waals surface area contributed by atoms with Gasteiger partial charge in [0.25, 0.3) is 0 Å². The van der Waals surface area contributed by atoms with E-state index in [0.29, 0.717) is 6.04 Å². The predicted molar refractivity (Wildman–Crippen MR) is 68.0 cm³/mol. The summed E-state index contributed by atoms with van der Waals surface area (Å²) >= 11 is 0. The molecule has 3 heteroatoms. The molecule has 0 radical (unpaired) electrons. The summed E-state index contributed by atoms with van der Waals surface area (Å²) in [4.78, 5) is 6.99. The van der Waals surface area contributed by atoms with Crippen molar-refractivity contribution in [3.63, 3.8) is 0 Å². The van der Waals surface area contributed by atoms with Crippen molar-refractivity contribution >= 4 is 5.69 Å². The van der Waals surface area contributed by atoms with Crippen LogP contribution in [0.5, 0.6) is 0 Å². The van der Waals surface area contributed by atoms with Crippen LogP contribution in [0.4, 0.5) is 5.69 Å². The van der Waals surface area contributed by atoms with Crippen molar-refractivity contribution in [2.75, 3.05) is 25.0 Å². The van der Waals surface area contributed by atoms with Gasteiger partial charge < -0.3 is 10.2 Å². The molecule has 1 aliphatic rings. The summed E-state index contributed by atoms with van der Waals surface area (Å²) in [6.45, 7) is 6.40. The average molecular weight is 219 g/mol. The van der Waals surface area contributed by atoms with E-state index in [1.54, 1.807) is 0 Å². The quantitative estimate of drug-likeness (QED) is 0.823. The molecule has 88 valence electrons. The van der Waals surface area contributed by atoms with Crippen molar-refractivity contribution in [2.24, 2.45) is 0 Å². The first-order valence-electron chi connectivity index (χ1n) is 6.07. The van der Waals surface area contributed by atoms with Crippen LogP contribution in [0.15, 0.2) is 12.1 Å². The molecule has 1 aliphatic heterocycles. The number of nitrogens with one attached hydrogen (secondary N) is 1. The third-order valence-electron chi connectivity index (χ3n) is 3.37. The molecule has 2 rings (SSSR count). The van der Waals surface area contributed by atoms with Crippen LogP contribution in [0.1, 0.15) is 24.2 Å². The summed E-state index contributed by atoms with van der Waals surface area (Å²) in [5, 5.41) is 3.37. The molecule has 16 heavy (non-hydrogen) atoms. The van der Waals surface area contributed by atoms with E-state index in [2.05, 4.69) is 41.3 Å². The fourth-order valence-electron chi connectivity index (χ4n) is 2.45. The van der Waals surface area contributed by atoms with Gasteiger partial charge in [0, 0.05) is 24.8 Å². The first-order chi connectivity index (χ1) is 7.70. The van der Waals surface area contributed by atoms with E-state index in [1.165, 1.54) is 18.5 Å². The van der Waals surface area contributed by atoms with Crippen LogP contribution in [-0.4, -0.2) is 31.2 Å². The molecule has 3 nitrogen and oxygen atoms in total. The molecule has 1 N–H and O–H groups in total. The van der Waals surface area contributed by atoms with Crippen molar-refractivity contribution in [1.29, 1.82) is 0 Å². The van der Waals surface area contributed by atoms with Gasteiger partial charge in [-0.05, 0) is 45.9 Å². The molecule has 1 atom stereocenters. The number of rotatable bonds is 2. The molecular formula is C13H21N3. The van der Waals surface area contributed by atoms with E-state index in [-0.39, 0.29) is 0 Å². The Hall–Kier alpha value is -1.09. The summed E-state index contributed by atoms with van der Waals surface area (Å²) < 4.78 is 0. The Morgan fingerprint density at radius 1 is 1.38 bits per heavy atom. The Morgan fingerprint density at radius 3 is 2.88 bits per heavy atom. The van der Waals surface area contributed by atoms with Crippen molar-refractivity contribution in [1.82, 2.24) is 10.3 Å². The van der Waals surface area contributed by atoms with Crippen LogP contribution in [0, 0.1) is 13.8 Å². The lowest BCUT2D eigenvalue weighted by molar-refractivity contribution is 0.449. The predicted octanol–water partition coefficient (Wildman–Crippen LogP) is 1.89. The van der Waals surface area contributed by atoms with Crippen LogP contribution in [-0.2, 0) is 0 Å². The number of likely N-dealkylation sites (N-methyl/N-ethyl adjacent to an activating group) is 1. The van der Waals surface area contributed by atoms with Crippen LogP contribution in [0.3, 0.4) is 0 Å². The maximum atomic E-state index is 4.54. The summed E-state index contributed by atoms with van der Waals surface area (Å²) in [6, 6.07) is 4.93. The number of aryl methyl sites for hydroxylation is 2. The van der Waals surface area contributed by atoms with Gasteiger partial charge in [0.15, 0.2) is 0 Å². The molecule has 0 amide bonds. The Bertz CT molecular complexity index is 362. The van der Waals surface area contributed by atoms with Gasteiger partial charge in [-0.3, -0.25) is 4.98 Å². The van der Waals surface area contributed by atoms with Gasteiger partial charge >= 0.3 is 0 Å². The van der Waals surface area contributed by atoms with Gasteiger partial charge in [0.05, 0.1) is 11.4 Å². The second kappa shape index (κ2) is 4.83. The number of hydrogen-bond acceptors (Lipinski definition) is 3. The minimum atomic E-state index is 0.620. The molecule has 0 aliphatic carbocycles. The van der Waals surface area contributed by atoms with Gasteiger partial charge in [0.2, 0.25) is 0 Å². The molecule has 0 spiro atoms. The number of piperidine rings is 1. The molecule has 0 bridgehead atoms. The molecular weight excluding hydrogens is 198 g/mol. The smallest absolute Gasteiger partial charge is 0.0608 e. The Labute approximate surface area is 97.9 Å². The highest BCUT2D eigenvalue weighted by atomic mass is 15.2. The highest BCUT2D eigenvalue weighted by Crippen LogP contribution is 2.22. The first kappa shape index (κ1) is 11.4. The minimum absolute atomic E-state index is 0.620. The SMILES string of the molecule is CNC1CCCN(c2ccc(C)nc2C)C1. The highest BCUT2D eigenvalue weighted by molar-refractivity contribution is 5.51. The van der Waals surface area contributed by atoms with Gasteiger partial charge in [-0.1, -0.05) is 0 Å². The number of pyridine rings is 1. The largest absolute Gasteiger partial charge is 0.369 e. The van der Waals surface area contributed by atoms with Crippen molar-refractivity contribution < 1.29 is 0 Å². The lowest BCUT2D eigenvalue weighted by Crippen LogP contribution is -2.44. The van der Waals surface area contributed by atoms with E-state index >= 15 is 0 Å². The Balaban J connectivity index is 2.16. The normalized spacial score (nSPS) is 21.2. The molecule has 2 heterocycles. The van der Waals surface area contributed by atoms with E-state index in [1.807, 2.05) is 6.92 Å². The second-order valence-electron chi connectivity index (χ2n) is 4.63. The maximum absolute atomic E-state index is 4.54. The second-order valence-corrected chi connectivity index (χ2v) is 4.63. The van der Waals surface area contributed by atoms with Crippen molar-refractivity contribution in [2.45, 2.75) is 32.7 Å². The average Bonchev–Trinajstić information content (AvgIpc) is 2.29. The lowest BCUT2D eigenvalue weighted by atomic mass is 10.0. The zero-order valence-corrected chi connectivity index (χ0v) is 10.5. The van der Waals surface area contributed by atoms with Crippen molar-refractivity contribution in [3.8, 4) is 0 Å². The molecule has 1 fully saturated rings. The molecule has 1 aromatic heterocycles. The summed E-state index contributed by atoms with van der Waals surface area (Å²) in [6.07, 6.45) is 2.55. The number of nitrogens with zero attached hydrogens (tertiary/aromatic N) is 2. The van der Waals surface area contributed by atoms with Gasteiger partial charge in [-0.15, -0.1) is 0 Å². The van der Waals surface area contributed by atoms with E-state index < -0.39 is 0 Å². The minimum Gasteiger partial charge on any atom is -0.369 e. The third kappa shape index (κ3) is 2.35. The number of anilines is 1. The van der Waals surface area contributed by atoms with Crippen LogP contribution >= 0.6 is 0 Å². The number of aromatic nitrogens is 1. The first-order valence-corrected chi connectivity index (χ1v) is 6.07. The third-order valence-corrected chi connectivity index (χ3v) is 3.37. The van der Waals surface area contributed by atoms with Crippen LogP contribution < -0.4 is 10.2 Å². The lowest BCUT2D eigenvalue weighted by Gasteiger charge is -2.34. The summed E-state index contributed by atoms with van der Waals surface area (Å²) in [5.41, 5.74) is 3.55. The molecule has 1 unspecified atom stereocenters. The Morgan fingerprint density at radius 2 is 2.19 bits per heavy atom. The van der Waals surface area contributed by atoms with Gasteiger partial charge in [-0.2, -0.15) is 0 Å². The van der Waals surface area contributed by atoms with Crippen LogP contribution in [0.25, 0.3) is 0 Å². The zero-order chi connectivity index (χ0) is 11.5. The summed E-state index contributed by atoms with van der Waals surface area (Å²) in [7, 11) is 2.05.